The Morgan fingerprint density at radius 2 is 2.00 bits per heavy atom. The van der Waals surface area contributed by atoms with Crippen molar-refractivity contribution < 1.29 is 9.47 Å². The van der Waals surface area contributed by atoms with Crippen LogP contribution in [0, 0.1) is 0 Å². The molecule has 2 N–H and O–H groups in total. The van der Waals surface area contributed by atoms with Crippen LogP contribution in [0.25, 0.3) is 0 Å². The van der Waals surface area contributed by atoms with Crippen LogP contribution in [0.1, 0.15) is 5.69 Å². The summed E-state index contributed by atoms with van der Waals surface area (Å²) in [6.45, 7) is 0.675. The van der Waals surface area contributed by atoms with E-state index in [4.69, 9.17) is 21.1 Å². The summed E-state index contributed by atoms with van der Waals surface area (Å²) in [4.78, 5) is 3.12. The van der Waals surface area contributed by atoms with Gasteiger partial charge in [-0.3, -0.25) is 0 Å². The molecule has 0 fully saturated rings. The Kier molecular flexibility index (Phi) is 3.99. The Balaban J connectivity index is 2.19. The van der Waals surface area contributed by atoms with Gasteiger partial charge in [-0.05, 0) is 12.1 Å². The van der Waals surface area contributed by atoms with Crippen LogP contribution in [-0.2, 0) is 6.54 Å². The topological polar surface area (TPSA) is 46.3 Å². The second kappa shape index (κ2) is 5.69. The lowest BCUT2D eigenvalue weighted by Gasteiger charge is -2.13. The first kappa shape index (κ1) is 12.6. The Morgan fingerprint density at radius 3 is 2.61 bits per heavy atom. The van der Waals surface area contributed by atoms with Gasteiger partial charge in [0.15, 0.2) is 0 Å². The highest BCUT2D eigenvalue weighted by molar-refractivity contribution is 6.32. The van der Waals surface area contributed by atoms with Crippen LogP contribution in [-0.4, -0.2) is 19.2 Å². The van der Waals surface area contributed by atoms with Gasteiger partial charge in [-0.15, -0.1) is 0 Å². The van der Waals surface area contributed by atoms with Crippen molar-refractivity contribution in [3.8, 4) is 11.5 Å². The summed E-state index contributed by atoms with van der Waals surface area (Å²) in [6, 6.07) is 7.52. The zero-order valence-electron chi connectivity index (χ0n) is 10.3. The van der Waals surface area contributed by atoms with Gasteiger partial charge >= 0.3 is 0 Å². The third-order valence-corrected chi connectivity index (χ3v) is 2.90. The van der Waals surface area contributed by atoms with Gasteiger partial charge in [0.25, 0.3) is 0 Å². The van der Waals surface area contributed by atoms with E-state index in [0.29, 0.717) is 23.1 Å². The molecule has 0 aliphatic rings. The molecule has 1 aromatic carbocycles. The maximum absolute atomic E-state index is 6.04. The van der Waals surface area contributed by atoms with Crippen molar-refractivity contribution in [2.45, 2.75) is 6.54 Å². The number of halogens is 1. The van der Waals surface area contributed by atoms with Crippen LogP contribution in [0.2, 0.25) is 5.02 Å². The summed E-state index contributed by atoms with van der Waals surface area (Å²) in [7, 11) is 3.19. The predicted molar refractivity (Wildman–Crippen MR) is 72.7 cm³/mol. The molecule has 18 heavy (non-hydrogen) atoms. The molecule has 0 bridgehead atoms. The highest BCUT2D eigenvalue weighted by Crippen LogP contribution is 2.35. The molecule has 0 aliphatic heterocycles. The highest BCUT2D eigenvalue weighted by Gasteiger charge is 2.09. The molecule has 1 aromatic heterocycles. The maximum Gasteiger partial charge on any atom is 0.143 e. The van der Waals surface area contributed by atoms with Crippen LogP contribution in [0.3, 0.4) is 0 Å². The number of methoxy groups -OCH3 is 2. The number of rotatable bonds is 5. The Labute approximate surface area is 111 Å². The highest BCUT2D eigenvalue weighted by atomic mass is 35.5. The second-order valence-corrected chi connectivity index (χ2v) is 4.14. The van der Waals surface area contributed by atoms with Crippen molar-refractivity contribution in [2.75, 3.05) is 19.5 Å². The molecule has 1 heterocycles. The van der Waals surface area contributed by atoms with Crippen LogP contribution in [0.4, 0.5) is 5.69 Å². The van der Waals surface area contributed by atoms with Crippen molar-refractivity contribution in [2.24, 2.45) is 0 Å². The number of aromatic nitrogens is 1. The van der Waals surface area contributed by atoms with E-state index in [1.54, 1.807) is 20.3 Å². The fraction of sp³-hybridized carbons (Fsp3) is 0.231. The molecule has 4 nitrogen and oxygen atoms in total. The molecule has 96 valence electrons. The van der Waals surface area contributed by atoms with Gasteiger partial charge in [-0.1, -0.05) is 11.6 Å². The van der Waals surface area contributed by atoms with Crippen molar-refractivity contribution in [1.82, 2.24) is 4.98 Å². The second-order valence-electron chi connectivity index (χ2n) is 3.74. The quantitative estimate of drug-likeness (QED) is 0.873. The molecule has 5 heteroatoms. The van der Waals surface area contributed by atoms with E-state index in [1.807, 2.05) is 24.4 Å². The number of anilines is 1. The fourth-order valence-corrected chi connectivity index (χ4v) is 1.90. The van der Waals surface area contributed by atoms with Gasteiger partial charge in [-0.25, -0.2) is 0 Å². The summed E-state index contributed by atoms with van der Waals surface area (Å²) in [5.74, 6) is 1.30. The number of benzene rings is 1. The summed E-state index contributed by atoms with van der Waals surface area (Å²) < 4.78 is 10.5. The van der Waals surface area contributed by atoms with Crippen molar-refractivity contribution in [1.29, 1.82) is 0 Å². The van der Waals surface area contributed by atoms with E-state index >= 15 is 0 Å². The number of hydrogen-bond acceptors (Lipinski definition) is 3. The average Bonchev–Trinajstić information content (AvgIpc) is 2.90. The lowest BCUT2D eigenvalue weighted by Crippen LogP contribution is -2.02. The Bertz CT molecular complexity index is 512. The minimum absolute atomic E-state index is 0.528. The molecule has 0 amide bonds. The number of hydrogen-bond donors (Lipinski definition) is 2. The number of ether oxygens (including phenoxy) is 2. The van der Waals surface area contributed by atoms with Gasteiger partial charge in [0.1, 0.15) is 11.5 Å². The average molecular weight is 267 g/mol. The summed E-state index contributed by atoms with van der Waals surface area (Å²) >= 11 is 6.04. The zero-order chi connectivity index (χ0) is 13.0. The molecule has 0 unspecified atom stereocenters. The SMILES string of the molecule is COc1cc(NCc2ccc[nH]2)c(OC)cc1Cl. The normalized spacial score (nSPS) is 10.2. The summed E-state index contributed by atoms with van der Waals surface area (Å²) in [5.41, 5.74) is 1.93. The van der Waals surface area contributed by atoms with Crippen molar-refractivity contribution in [3.05, 3.63) is 41.2 Å². The first-order valence-electron chi connectivity index (χ1n) is 5.52. The molecule has 0 saturated heterocycles. The third kappa shape index (κ3) is 2.71. The molecule has 0 radical (unpaired) electrons. The summed E-state index contributed by atoms with van der Waals surface area (Å²) in [5, 5.41) is 3.80. The monoisotopic (exact) mass is 266 g/mol. The standard InChI is InChI=1S/C13H15ClN2O2/c1-17-12-7-11(13(18-2)6-10(12)14)16-8-9-4-3-5-15-9/h3-7,15-16H,8H2,1-2H3. The minimum atomic E-state index is 0.528. The van der Waals surface area contributed by atoms with Gasteiger partial charge in [-0.2, -0.15) is 0 Å². The van der Waals surface area contributed by atoms with Crippen molar-refractivity contribution >= 4 is 17.3 Å². The zero-order valence-corrected chi connectivity index (χ0v) is 11.0. The van der Waals surface area contributed by atoms with Gasteiger partial charge in [0.05, 0.1) is 31.5 Å². The van der Waals surface area contributed by atoms with Gasteiger partial charge in [0, 0.05) is 24.0 Å². The number of H-pyrrole nitrogens is 1. The van der Waals surface area contributed by atoms with Crippen LogP contribution in [0.15, 0.2) is 30.5 Å². The summed E-state index contributed by atoms with van der Waals surface area (Å²) in [6.07, 6.45) is 1.89. The Morgan fingerprint density at radius 1 is 1.22 bits per heavy atom. The molecule has 0 aliphatic carbocycles. The predicted octanol–water partition coefficient (Wildman–Crippen LogP) is 3.30. The van der Waals surface area contributed by atoms with Crippen LogP contribution >= 0.6 is 11.6 Å². The number of aromatic amines is 1. The molecule has 2 aromatic rings. The van der Waals surface area contributed by atoms with Crippen LogP contribution < -0.4 is 14.8 Å². The van der Waals surface area contributed by atoms with E-state index in [0.717, 1.165) is 11.4 Å². The largest absolute Gasteiger partial charge is 0.495 e. The van der Waals surface area contributed by atoms with E-state index < -0.39 is 0 Å². The van der Waals surface area contributed by atoms with Crippen molar-refractivity contribution in [3.63, 3.8) is 0 Å². The molecule has 0 spiro atoms. The molecule has 0 atom stereocenters. The smallest absolute Gasteiger partial charge is 0.143 e. The van der Waals surface area contributed by atoms with E-state index in [-0.39, 0.29) is 0 Å². The lowest BCUT2D eigenvalue weighted by atomic mass is 10.2. The third-order valence-electron chi connectivity index (χ3n) is 2.61. The minimum Gasteiger partial charge on any atom is -0.495 e. The Hall–Kier alpha value is -1.81. The number of nitrogens with one attached hydrogen (secondary N) is 2. The molecular weight excluding hydrogens is 252 g/mol. The van der Waals surface area contributed by atoms with Crippen LogP contribution in [0.5, 0.6) is 11.5 Å². The van der Waals surface area contributed by atoms with Gasteiger partial charge < -0.3 is 19.8 Å². The van der Waals surface area contributed by atoms with Gasteiger partial charge in [0.2, 0.25) is 0 Å². The molecule has 2 rings (SSSR count). The first-order valence-corrected chi connectivity index (χ1v) is 5.90. The van der Waals surface area contributed by atoms with E-state index in [1.165, 1.54) is 0 Å². The fourth-order valence-electron chi connectivity index (χ4n) is 1.67. The molecule has 0 saturated carbocycles. The lowest BCUT2D eigenvalue weighted by molar-refractivity contribution is 0.404. The first-order chi connectivity index (χ1) is 8.74. The van der Waals surface area contributed by atoms with E-state index in [9.17, 15) is 0 Å². The van der Waals surface area contributed by atoms with E-state index in [2.05, 4.69) is 10.3 Å². The molecular formula is C13H15ClN2O2. The maximum atomic E-state index is 6.04.